The highest BCUT2D eigenvalue weighted by atomic mass is 16.6. The van der Waals surface area contributed by atoms with Crippen molar-refractivity contribution in [1.29, 1.82) is 0 Å². The molecule has 0 aliphatic heterocycles. The van der Waals surface area contributed by atoms with E-state index in [1.54, 1.807) is 7.05 Å². The minimum Gasteiger partial charge on any atom is -0.493 e. The van der Waals surface area contributed by atoms with E-state index in [2.05, 4.69) is 15.6 Å². The van der Waals surface area contributed by atoms with Gasteiger partial charge in [-0.2, -0.15) is 0 Å². The van der Waals surface area contributed by atoms with Gasteiger partial charge in [-0.3, -0.25) is 19.9 Å². The molecule has 1 heterocycles. The van der Waals surface area contributed by atoms with E-state index >= 15 is 0 Å². The molecule has 9 nitrogen and oxygen atoms in total. The van der Waals surface area contributed by atoms with Crippen LogP contribution in [0.15, 0.2) is 30.5 Å². The van der Waals surface area contributed by atoms with E-state index < -0.39 is 4.92 Å². The number of anilines is 1. The maximum absolute atomic E-state index is 11.6. The summed E-state index contributed by atoms with van der Waals surface area (Å²) in [5.74, 6) is 0.387. The fraction of sp³-hybridized carbons (Fsp3) is 0.200. The SMILES string of the molecule is CNC(=O)c1cc(Oc2cc([N+](=O)[O-])c(NC)cc2OC)ccn1. The van der Waals surface area contributed by atoms with E-state index in [1.807, 2.05) is 0 Å². The van der Waals surface area contributed by atoms with E-state index in [9.17, 15) is 14.9 Å². The third kappa shape index (κ3) is 3.51. The first-order valence-electron chi connectivity index (χ1n) is 6.90. The monoisotopic (exact) mass is 332 g/mol. The average Bonchev–Trinajstić information content (AvgIpc) is 2.60. The number of benzene rings is 1. The lowest BCUT2D eigenvalue weighted by Crippen LogP contribution is -2.18. The lowest BCUT2D eigenvalue weighted by molar-refractivity contribution is -0.384. The Morgan fingerprint density at radius 2 is 2.00 bits per heavy atom. The third-order valence-corrected chi connectivity index (χ3v) is 3.17. The molecular formula is C15H16N4O5. The lowest BCUT2D eigenvalue weighted by atomic mass is 10.2. The molecule has 9 heteroatoms. The highest BCUT2D eigenvalue weighted by Gasteiger charge is 2.20. The summed E-state index contributed by atoms with van der Waals surface area (Å²) in [4.78, 5) is 26.2. The van der Waals surface area contributed by atoms with E-state index in [-0.39, 0.29) is 23.0 Å². The molecule has 1 aromatic heterocycles. The molecule has 0 aliphatic rings. The van der Waals surface area contributed by atoms with Crippen LogP contribution in [-0.2, 0) is 0 Å². The molecule has 0 saturated heterocycles. The molecule has 0 unspecified atom stereocenters. The number of methoxy groups -OCH3 is 1. The number of nitrogens with one attached hydrogen (secondary N) is 2. The van der Waals surface area contributed by atoms with Crippen molar-refractivity contribution in [2.45, 2.75) is 0 Å². The van der Waals surface area contributed by atoms with Gasteiger partial charge in [0.25, 0.3) is 11.6 Å². The highest BCUT2D eigenvalue weighted by molar-refractivity contribution is 5.92. The van der Waals surface area contributed by atoms with Crippen LogP contribution in [0.1, 0.15) is 10.5 Å². The van der Waals surface area contributed by atoms with E-state index in [1.165, 1.54) is 44.6 Å². The number of pyridine rings is 1. The standard InChI is InChI=1S/C15H16N4O5/c1-16-10-7-13(23-3)14(8-12(10)19(21)22)24-9-4-5-18-11(6-9)15(20)17-2/h4-8,16H,1-3H3,(H,17,20). The number of carbonyl (C=O) groups is 1. The van der Waals surface area contributed by atoms with Gasteiger partial charge in [-0.15, -0.1) is 0 Å². The fourth-order valence-electron chi connectivity index (χ4n) is 1.99. The zero-order valence-electron chi connectivity index (χ0n) is 13.3. The van der Waals surface area contributed by atoms with Crippen LogP contribution < -0.4 is 20.1 Å². The van der Waals surface area contributed by atoms with Gasteiger partial charge in [0.05, 0.1) is 18.1 Å². The van der Waals surface area contributed by atoms with Gasteiger partial charge in [-0.25, -0.2) is 0 Å². The summed E-state index contributed by atoms with van der Waals surface area (Å²) < 4.78 is 10.9. The Hall–Kier alpha value is -3.36. The smallest absolute Gasteiger partial charge is 0.296 e. The van der Waals surface area contributed by atoms with Crippen LogP contribution in [0.2, 0.25) is 0 Å². The molecule has 0 spiro atoms. The Morgan fingerprint density at radius 1 is 1.25 bits per heavy atom. The Morgan fingerprint density at radius 3 is 2.58 bits per heavy atom. The van der Waals surface area contributed by atoms with Crippen LogP contribution in [0.4, 0.5) is 11.4 Å². The molecule has 0 aliphatic carbocycles. The van der Waals surface area contributed by atoms with Crippen molar-refractivity contribution in [2.75, 3.05) is 26.5 Å². The summed E-state index contributed by atoms with van der Waals surface area (Å²) >= 11 is 0. The van der Waals surface area contributed by atoms with Crippen LogP contribution in [0.3, 0.4) is 0 Å². The number of amides is 1. The molecule has 1 amide bonds. The van der Waals surface area contributed by atoms with Gasteiger partial charge in [0.1, 0.15) is 17.1 Å². The minimum absolute atomic E-state index is 0.150. The maximum Gasteiger partial charge on any atom is 0.296 e. The van der Waals surface area contributed by atoms with Gasteiger partial charge in [-0.1, -0.05) is 0 Å². The Bertz CT molecular complexity index is 778. The summed E-state index contributed by atoms with van der Waals surface area (Å²) in [6.45, 7) is 0. The van der Waals surface area contributed by atoms with Crippen LogP contribution in [0.5, 0.6) is 17.2 Å². The minimum atomic E-state index is -0.527. The maximum atomic E-state index is 11.6. The zero-order chi connectivity index (χ0) is 17.7. The highest BCUT2D eigenvalue weighted by Crippen LogP contribution is 2.39. The molecule has 1 aromatic carbocycles. The number of hydrogen-bond acceptors (Lipinski definition) is 7. The van der Waals surface area contributed by atoms with Gasteiger partial charge in [-0.05, 0) is 6.07 Å². The topological polar surface area (TPSA) is 116 Å². The first-order chi connectivity index (χ1) is 11.5. The fourth-order valence-corrected chi connectivity index (χ4v) is 1.99. The van der Waals surface area contributed by atoms with Gasteiger partial charge in [0, 0.05) is 32.4 Å². The van der Waals surface area contributed by atoms with Gasteiger partial charge in [0.2, 0.25) is 0 Å². The largest absolute Gasteiger partial charge is 0.493 e. The molecule has 0 atom stereocenters. The Labute approximate surface area is 137 Å². The van der Waals surface area contributed by atoms with Crippen molar-refractivity contribution < 1.29 is 19.2 Å². The van der Waals surface area contributed by atoms with Crippen LogP contribution in [0.25, 0.3) is 0 Å². The molecule has 0 bridgehead atoms. The molecule has 2 aromatic rings. The Balaban J connectivity index is 2.43. The first kappa shape index (κ1) is 17.0. The van der Waals surface area contributed by atoms with E-state index in [0.717, 1.165) is 0 Å². The second-order valence-electron chi connectivity index (χ2n) is 4.59. The van der Waals surface area contributed by atoms with Gasteiger partial charge in [0.15, 0.2) is 11.5 Å². The molecule has 24 heavy (non-hydrogen) atoms. The number of carbonyl (C=O) groups excluding carboxylic acids is 1. The number of rotatable bonds is 6. The van der Waals surface area contributed by atoms with E-state index in [0.29, 0.717) is 17.2 Å². The molecule has 2 N–H and O–H groups in total. The van der Waals surface area contributed by atoms with Crippen LogP contribution >= 0.6 is 0 Å². The van der Waals surface area contributed by atoms with E-state index in [4.69, 9.17) is 9.47 Å². The molecular weight excluding hydrogens is 316 g/mol. The van der Waals surface area contributed by atoms with Crippen molar-refractivity contribution in [1.82, 2.24) is 10.3 Å². The van der Waals surface area contributed by atoms with Crippen molar-refractivity contribution in [3.05, 3.63) is 46.3 Å². The molecule has 126 valence electrons. The van der Waals surface area contributed by atoms with Crippen molar-refractivity contribution in [2.24, 2.45) is 0 Å². The average molecular weight is 332 g/mol. The van der Waals surface area contributed by atoms with Crippen molar-refractivity contribution in [3.63, 3.8) is 0 Å². The number of nitrogens with zero attached hydrogens (tertiary/aromatic N) is 2. The molecule has 2 rings (SSSR count). The predicted octanol–water partition coefficient (Wildman–Crippen LogP) is 2.19. The van der Waals surface area contributed by atoms with Crippen molar-refractivity contribution in [3.8, 4) is 17.2 Å². The first-order valence-corrected chi connectivity index (χ1v) is 6.90. The zero-order valence-corrected chi connectivity index (χ0v) is 13.3. The second-order valence-corrected chi connectivity index (χ2v) is 4.59. The van der Waals surface area contributed by atoms with Crippen LogP contribution in [-0.4, -0.2) is 37.0 Å². The normalized spacial score (nSPS) is 9.96. The summed E-state index contributed by atoms with van der Waals surface area (Å²) in [6, 6.07) is 5.68. The predicted molar refractivity (Wildman–Crippen MR) is 86.9 cm³/mol. The quantitative estimate of drug-likeness (QED) is 0.615. The lowest BCUT2D eigenvalue weighted by Gasteiger charge is -2.12. The molecule has 0 saturated carbocycles. The third-order valence-electron chi connectivity index (χ3n) is 3.17. The second kappa shape index (κ2) is 7.27. The number of aromatic nitrogens is 1. The number of hydrogen-bond donors (Lipinski definition) is 2. The summed E-state index contributed by atoms with van der Waals surface area (Å²) in [5.41, 5.74) is 0.300. The number of nitro groups is 1. The van der Waals surface area contributed by atoms with Crippen LogP contribution in [0, 0.1) is 10.1 Å². The summed E-state index contributed by atoms with van der Waals surface area (Å²) in [6.07, 6.45) is 1.41. The Kier molecular flexibility index (Phi) is 5.15. The molecule has 0 fully saturated rings. The molecule has 0 radical (unpaired) electrons. The summed E-state index contributed by atoms with van der Waals surface area (Å²) in [5, 5.41) is 16.4. The summed E-state index contributed by atoms with van der Waals surface area (Å²) in [7, 11) is 4.48. The van der Waals surface area contributed by atoms with Crippen molar-refractivity contribution >= 4 is 17.3 Å². The number of nitro benzene ring substituents is 1. The van der Waals surface area contributed by atoms with Gasteiger partial charge < -0.3 is 20.1 Å². The number of ether oxygens (including phenoxy) is 2. The van der Waals surface area contributed by atoms with Gasteiger partial charge >= 0.3 is 0 Å².